The first-order valence-electron chi connectivity index (χ1n) is 5.00. The van der Waals surface area contributed by atoms with E-state index in [2.05, 4.69) is 0 Å². The van der Waals surface area contributed by atoms with Crippen LogP contribution in [-0.4, -0.2) is 12.6 Å². The first-order chi connectivity index (χ1) is 7.66. The van der Waals surface area contributed by atoms with Crippen molar-refractivity contribution in [2.45, 2.75) is 13.8 Å². The second-order valence-electron chi connectivity index (χ2n) is 3.81. The zero-order chi connectivity index (χ0) is 11.3. The van der Waals surface area contributed by atoms with E-state index in [-0.39, 0.29) is 12.6 Å². The quantitative estimate of drug-likeness (QED) is 0.690. The highest BCUT2D eigenvalue weighted by Crippen LogP contribution is 2.38. The summed E-state index contributed by atoms with van der Waals surface area (Å²) in [6.45, 7) is 3.59. The van der Waals surface area contributed by atoms with Crippen LogP contribution in [0.3, 0.4) is 0 Å². The number of hydrogen-bond acceptors (Lipinski definition) is 4. The van der Waals surface area contributed by atoms with Crippen LogP contribution in [0, 0.1) is 6.92 Å². The average Bonchev–Trinajstić information content (AvgIpc) is 2.80. The Morgan fingerprint density at radius 3 is 2.62 bits per heavy atom. The topological polar surface area (TPSA) is 48.7 Å². The van der Waals surface area contributed by atoms with Gasteiger partial charge in [0.2, 0.25) is 6.79 Å². The summed E-state index contributed by atoms with van der Waals surface area (Å²) >= 11 is 0. The second-order valence-corrected chi connectivity index (χ2v) is 3.81. The van der Waals surface area contributed by atoms with Crippen LogP contribution >= 0.6 is 0 Å². The number of carbonyl (C=O) groups is 1. The van der Waals surface area contributed by atoms with E-state index < -0.39 is 0 Å². The minimum absolute atomic E-state index is 0.0734. The van der Waals surface area contributed by atoms with E-state index in [0.717, 1.165) is 10.9 Å². The summed E-state index contributed by atoms with van der Waals surface area (Å²) in [5.41, 5.74) is 1.51. The number of furan rings is 1. The number of rotatable bonds is 1. The van der Waals surface area contributed by atoms with E-state index >= 15 is 0 Å². The largest absolute Gasteiger partial charge is 0.454 e. The molecule has 3 rings (SSSR count). The predicted molar refractivity (Wildman–Crippen MR) is 57.1 cm³/mol. The molecule has 0 N–H and O–H groups in total. The van der Waals surface area contributed by atoms with Gasteiger partial charge in [-0.3, -0.25) is 4.79 Å². The number of carbonyl (C=O) groups excluding carboxylic acids is 1. The molecule has 16 heavy (non-hydrogen) atoms. The summed E-state index contributed by atoms with van der Waals surface area (Å²) in [6.07, 6.45) is 0. The SMILES string of the molecule is CC(=O)c1oc2cc3c(cc2c1C)OCO3. The maximum Gasteiger partial charge on any atom is 0.231 e. The third-order valence-corrected chi connectivity index (χ3v) is 2.75. The Morgan fingerprint density at radius 1 is 1.25 bits per heavy atom. The molecule has 1 aliphatic rings. The average molecular weight is 218 g/mol. The maximum atomic E-state index is 11.3. The highest BCUT2D eigenvalue weighted by atomic mass is 16.7. The van der Waals surface area contributed by atoms with Gasteiger partial charge in [-0.25, -0.2) is 0 Å². The molecule has 0 radical (unpaired) electrons. The third-order valence-electron chi connectivity index (χ3n) is 2.75. The zero-order valence-corrected chi connectivity index (χ0v) is 8.99. The fourth-order valence-electron chi connectivity index (χ4n) is 1.95. The number of benzene rings is 1. The van der Waals surface area contributed by atoms with Crippen molar-refractivity contribution < 1.29 is 18.7 Å². The van der Waals surface area contributed by atoms with Gasteiger partial charge in [0.05, 0.1) is 0 Å². The van der Waals surface area contributed by atoms with Crippen LogP contribution in [0.1, 0.15) is 23.0 Å². The molecule has 0 atom stereocenters. The van der Waals surface area contributed by atoms with Gasteiger partial charge in [0.25, 0.3) is 0 Å². The highest BCUT2D eigenvalue weighted by molar-refractivity contribution is 5.99. The molecular formula is C12H10O4. The Balaban J connectivity index is 2.32. The molecule has 82 valence electrons. The predicted octanol–water partition coefficient (Wildman–Crippen LogP) is 2.67. The van der Waals surface area contributed by atoms with Crippen LogP contribution in [0.25, 0.3) is 11.0 Å². The molecule has 1 aliphatic heterocycles. The Bertz CT molecular complexity index is 595. The minimum Gasteiger partial charge on any atom is -0.454 e. The summed E-state index contributed by atoms with van der Waals surface area (Å²) in [4.78, 5) is 11.3. The highest BCUT2D eigenvalue weighted by Gasteiger charge is 2.20. The van der Waals surface area contributed by atoms with Gasteiger partial charge in [-0.15, -0.1) is 0 Å². The fraction of sp³-hybridized carbons (Fsp3) is 0.250. The smallest absolute Gasteiger partial charge is 0.231 e. The molecule has 0 fully saturated rings. The third kappa shape index (κ3) is 1.13. The van der Waals surface area contributed by atoms with Crippen molar-refractivity contribution >= 4 is 16.8 Å². The lowest BCUT2D eigenvalue weighted by molar-refractivity contribution is 0.0988. The van der Waals surface area contributed by atoms with Crippen LogP contribution in [0.4, 0.5) is 0 Å². The summed E-state index contributed by atoms with van der Waals surface area (Å²) in [6, 6.07) is 3.61. The van der Waals surface area contributed by atoms with Crippen LogP contribution in [0.5, 0.6) is 11.5 Å². The van der Waals surface area contributed by atoms with Gasteiger partial charge >= 0.3 is 0 Å². The van der Waals surface area contributed by atoms with Gasteiger partial charge in [-0.05, 0) is 13.0 Å². The molecule has 0 saturated heterocycles. The first kappa shape index (κ1) is 9.27. The van der Waals surface area contributed by atoms with E-state index in [4.69, 9.17) is 13.9 Å². The molecule has 2 aromatic rings. The number of ketones is 1. The Kier molecular flexibility index (Phi) is 1.74. The fourth-order valence-corrected chi connectivity index (χ4v) is 1.95. The normalized spacial score (nSPS) is 13.4. The van der Waals surface area contributed by atoms with Crippen molar-refractivity contribution in [2.24, 2.45) is 0 Å². The lowest BCUT2D eigenvalue weighted by atomic mass is 10.1. The van der Waals surface area contributed by atoms with Gasteiger partial charge in [-0.2, -0.15) is 0 Å². The number of Topliss-reactive ketones (excluding diaryl/α,β-unsaturated/α-hetero) is 1. The summed E-state index contributed by atoms with van der Waals surface area (Å²) < 4.78 is 16.0. The van der Waals surface area contributed by atoms with Gasteiger partial charge < -0.3 is 13.9 Å². The molecule has 1 aromatic heterocycles. The van der Waals surface area contributed by atoms with Gasteiger partial charge in [-0.1, -0.05) is 0 Å². The van der Waals surface area contributed by atoms with Crippen LogP contribution in [-0.2, 0) is 0 Å². The number of hydrogen-bond donors (Lipinski definition) is 0. The number of aryl methyl sites for hydroxylation is 1. The van der Waals surface area contributed by atoms with Crippen LogP contribution in [0.15, 0.2) is 16.5 Å². The van der Waals surface area contributed by atoms with E-state index in [1.165, 1.54) is 6.92 Å². The maximum absolute atomic E-state index is 11.3. The van der Waals surface area contributed by atoms with Gasteiger partial charge in [0.15, 0.2) is 23.0 Å². The standard InChI is InChI=1S/C12H10O4/c1-6-8-3-10-11(15-5-14-10)4-9(8)16-12(6)7(2)13/h3-4H,5H2,1-2H3. The zero-order valence-electron chi connectivity index (χ0n) is 8.99. The molecule has 0 spiro atoms. The molecule has 2 heterocycles. The molecule has 0 amide bonds. The van der Waals surface area contributed by atoms with Gasteiger partial charge in [0.1, 0.15) is 5.58 Å². The number of ether oxygens (including phenoxy) is 2. The van der Waals surface area contributed by atoms with Crippen molar-refractivity contribution in [1.29, 1.82) is 0 Å². The molecule has 4 nitrogen and oxygen atoms in total. The van der Waals surface area contributed by atoms with E-state index in [1.54, 1.807) is 6.07 Å². The molecule has 4 heteroatoms. The van der Waals surface area contributed by atoms with E-state index in [9.17, 15) is 4.79 Å². The van der Waals surface area contributed by atoms with Crippen molar-refractivity contribution in [1.82, 2.24) is 0 Å². The second kappa shape index (κ2) is 3.01. The van der Waals surface area contributed by atoms with Crippen LogP contribution < -0.4 is 9.47 Å². The van der Waals surface area contributed by atoms with Crippen molar-refractivity contribution in [2.75, 3.05) is 6.79 Å². The summed E-state index contributed by atoms with van der Waals surface area (Å²) in [5, 5.41) is 0.898. The molecule has 0 bridgehead atoms. The summed E-state index contributed by atoms with van der Waals surface area (Å²) in [5.74, 6) is 1.69. The Hall–Kier alpha value is -1.97. The van der Waals surface area contributed by atoms with Crippen LogP contribution in [0.2, 0.25) is 0 Å². The molecule has 0 saturated carbocycles. The lowest BCUT2D eigenvalue weighted by Crippen LogP contribution is -1.93. The monoisotopic (exact) mass is 218 g/mol. The molecular weight excluding hydrogens is 208 g/mol. The number of fused-ring (bicyclic) bond motifs is 2. The minimum atomic E-state index is -0.0734. The molecule has 0 unspecified atom stereocenters. The van der Waals surface area contributed by atoms with E-state index in [1.807, 2.05) is 13.0 Å². The lowest BCUT2D eigenvalue weighted by Gasteiger charge is -1.94. The van der Waals surface area contributed by atoms with Crippen molar-refractivity contribution in [3.8, 4) is 11.5 Å². The van der Waals surface area contributed by atoms with Gasteiger partial charge in [0, 0.05) is 23.9 Å². The molecule has 0 aliphatic carbocycles. The Morgan fingerprint density at radius 2 is 1.94 bits per heavy atom. The summed E-state index contributed by atoms with van der Waals surface area (Å²) in [7, 11) is 0. The Labute approximate surface area is 91.7 Å². The first-order valence-corrected chi connectivity index (χ1v) is 5.00. The van der Waals surface area contributed by atoms with Crippen molar-refractivity contribution in [3.05, 3.63) is 23.5 Å². The van der Waals surface area contributed by atoms with Crippen molar-refractivity contribution in [3.63, 3.8) is 0 Å². The van der Waals surface area contributed by atoms with E-state index in [0.29, 0.717) is 22.8 Å². The molecule has 1 aromatic carbocycles.